The molecule has 8 heteroatoms. The highest BCUT2D eigenvalue weighted by molar-refractivity contribution is 6.30. The first-order chi connectivity index (χ1) is 11.1. The van der Waals surface area contributed by atoms with Gasteiger partial charge >= 0.3 is 6.09 Å². The summed E-state index contributed by atoms with van der Waals surface area (Å²) in [5, 5.41) is 2.72. The predicted molar refractivity (Wildman–Crippen MR) is 86.6 cm³/mol. The Hall–Kier alpha value is -2.02. The zero-order valence-electron chi connectivity index (χ0n) is 13.8. The third kappa shape index (κ3) is 5.26. The van der Waals surface area contributed by atoms with Gasteiger partial charge in [0.05, 0.1) is 11.1 Å². The number of benzene rings is 1. The monoisotopic (exact) mass is 358 g/mol. The van der Waals surface area contributed by atoms with E-state index in [-0.39, 0.29) is 29.3 Å². The minimum atomic E-state index is -0.610. The van der Waals surface area contributed by atoms with E-state index in [0.717, 1.165) is 6.07 Å². The van der Waals surface area contributed by atoms with E-state index in [9.17, 15) is 14.0 Å². The fraction of sp³-hybridized carbons (Fsp3) is 0.500. The van der Waals surface area contributed by atoms with Crippen LogP contribution in [0, 0.1) is 5.82 Å². The minimum Gasteiger partial charge on any atom is -0.484 e. The number of rotatable bonds is 4. The summed E-state index contributed by atoms with van der Waals surface area (Å²) in [5.74, 6) is -0.739. The van der Waals surface area contributed by atoms with Crippen molar-refractivity contribution in [1.29, 1.82) is 0 Å². The largest absolute Gasteiger partial charge is 0.484 e. The molecule has 1 N–H and O–H groups in total. The lowest BCUT2D eigenvalue weighted by molar-refractivity contribution is -0.125. The normalized spacial score (nSPS) is 14.8. The van der Waals surface area contributed by atoms with Crippen molar-refractivity contribution in [3.63, 3.8) is 0 Å². The van der Waals surface area contributed by atoms with Crippen molar-refractivity contribution in [3.8, 4) is 5.75 Å². The van der Waals surface area contributed by atoms with Crippen LogP contribution in [-0.2, 0) is 9.53 Å². The van der Waals surface area contributed by atoms with Crippen molar-refractivity contribution in [2.75, 3.05) is 19.7 Å². The van der Waals surface area contributed by atoms with Gasteiger partial charge in [-0.25, -0.2) is 9.18 Å². The Labute approximate surface area is 144 Å². The summed E-state index contributed by atoms with van der Waals surface area (Å²) in [7, 11) is 0. The SMILES string of the molecule is CC(C)(C)OC(=O)N1CC(NC(=O)COc2ccc(Cl)c(F)c2)C1. The molecule has 0 spiro atoms. The van der Waals surface area contributed by atoms with E-state index >= 15 is 0 Å². The van der Waals surface area contributed by atoms with E-state index < -0.39 is 17.5 Å². The first kappa shape index (κ1) is 18.3. The summed E-state index contributed by atoms with van der Waals surface area (Å²) in [6, 6.07) is 3.81. The van der Waals surface area contributed by atoms with Crippen LogP contribution in [0.15, 0.2) is 18.2 Å². The van der Waals surface area contributed by atoms with E-state index in [1.54, 1.807) is 20.8 Å². The van der Waals surface area contributed by atoms with Gasteiger partial charge in [-0.2, -0.15) is 0 Å². The summed E-state index contributed by atoms with van der Waals surface area (Å²) in [5.41, 5.74) is -0.549. The van der Waals surface area contributed by atoms with Crippen LogP contribution < -0.4 is 10.1 Å². The number of nitrogens with one attached hydrogen (secondary N) is 1. The number of hydrogen-bond donors (Lipinski definition) is 1. The number of carbonyl (C=O) groups excluding carboxylic acids is 2. The molecule has 24 heavy (non-hydrogen) atoms. The van der Waals surface area contributed by atoms with Crippen molar-refractivity contribution < 1.29 is 23.5 Å². The smallest absolute Gasteiger partial charge is 0.410 e. The van der Waals surface area contributed by atoms with Gasteiger partial charge in [-0.05, 0) is 32.9 Å². The molecule has 0 atom stereocenters. The zero-order valence-corrected chi connectivity index (χ0v) is 14.5. The Bertz CT molecular complexity index is 627. The molecule has 132 valence electrons. The molecule has 1 aliphatic rings. The van der Waals surface area contributed by atoms with Crippen LogP contribution in [0.3, 0.4) is 0 Å². The van der Waals surface area contributed by atoms with Crippen LogP contribution in [0.25, 0.3) is 0 Å². The number of hydrogen-bond acceptors (Lipinski definition) is 4. The fourth-order valence-corrected chi connectivity index (χ4v) is 2.15. The molecule has 0 unspecified atom stereocenters. The van der Waals surface area contributed by atoms with Crippen molar-refractivity contribution in [2.24, 2.45) is 0 Å². The second-order valence-corrected chi connectivity index (χ2v) is 6.92. The van der Waals surface area contributed by atoms with Gasteiger partial charge in [0, 0.05) is 19.2 Å². The summed E-state index contributed by atoms with van der Waals surface area (Å²) in [4.78, 5) is 25.1. The van der Waals surface area contributed by atoms with E-state index in [1.807, 2.05) is 0 Å². The minimum absolute atomic E-state index is 0.0106. The molecule has 0 radical (unpaired) electrons. The average molecular weight is 359 g/mol. The van der Waals surface area contributed by atoms with Gasteiger partial charge in [-0.15, -0.1) is 0 Å². The van der Waals surface area contributed by atoms with Crippen LogP contribution in [0.2, 0.25) is 5.02 Å². The Balaban J connectivity index is 1.69. The maximum absolute atomic E-state index is 13.3. The summed E-state index contributed by atoms with van der Waals surface area (Å²) < 4.78 is 23.7. The molecule has 1 saturated heterocycles. The van der Waals surface area contributed by atoms with Gasteiger partial charge in [-0.3, -0.25) is 4.79 Å². The molecular weight excluding hydrogens is 339 g/mol. The average Bonchev–Trinajstić information content (AvgIpc) is 2.41. The topological polar surface area (TPSA) is 67.9 Å². The Kier molecular flexibility index (Phi) is 5.54. The zero-order chi connectivity index (χ0) is 17.9. The number of nitrogens with zero attached hydrogens (tertiary/aromatic N) is 1. The van der Waals surface area contributed by atoms with Gasteiger partial charge in [0.1, 0.15) is 17.2 Å². The standard InChI is InChI=1S/C16H20ClFN2O4/c1-16(2,3)24-15(22)20-7-10(8-20)19-14(21)9-23-11-4-5-12(17)13(18)6-11/h4-6,10H,7-9H2,1-3H3,(H,19,21). The number of halogens is 2. The van der Waals surface area contributed by atoms with Crippen LogP contribution in [0.4, 0.5) is 9.18 Å². The highest BCUT2D eigenvalue weighted by Crippen LogP contribution is 2.20. The van der Waals surface area contributed by atoms with Crippen LogP contribution in [0.5, 0.6) is 5.75 Å². The van der Waals surface area contributed by atoms with E-state index in [0.29, 0.717) is 13.1 Å². The molecular formula is C16H20ClFN2O4. The molecule has 1 heterocycles. The Morgan fingerprint density at radius 2 is 2.04 bits per heavy atom. The van der Waals surface area contributed by atoms with Gasteiger partial charge in [0.25, 0.3) is 5.91 Å². The van der Waals surface area contributed by atoms with Crippen molar-refractivity contribution in [2.45, 2.75) is 32.4 Å². The van der Waals surface area contributed by atoms with Gasteiger partial charge in [0.15, 0.2) is 6.61 Å². The van der Waals surface area contributed by atoms with Crippen molar-refractivity contribution in [3.05, 3.63) is 29.0 Å². The highest BCUT2D eigenvalue weighted by atomic mass is 35.5. The molecule has 0 aromatic heterocycles. The van der Waals surface area contributed by atoms with Crippen molar-refractivity contribution in [1.82, 2.24) is 10.2 Å². The quantitative estimate of drug-likeness (QED) is 0.898. The van der Waals surface area contributed by atoms with E-state index in [1.165, 1.54) is 17.0 Å². The maximum Gasteiger partial charge on any atom is 0.410 e. The molecule has 1 fully saturated rings. The third-order valence-electron chi connectivity index (χ3n) is 3.16. The molecule has 2 amide bonds. The Morgan fingerprint density at radius 3 is 2.62 bits per heavy atom. The number of likely N-dealkylation sites (tertiary alicyclic amines) is 1. The molecule has 0 saturated carbocycles. The van der Waals surface area contributed by atoms with Crippen molar-refractivity contribution >= 4 is 23.6 Å². The first-order valence-electron chi connectivity index (χ1n) is 7.49. The van der Waals surface area contributed by atoms with Crippen LogP contribution in [-0.4, -0.2) is 48.2 Å². The lowest BCUT2D eigenvalue weighted by atomic mass is 10.1. The number of ether oxygens (including phenoxy) is 2. The summed E-state index contributed by atoms with van der Waals surface area (Å²) in [6.45, 7) is 5.90. The molecule has 2 rings (SSSR count). The van der Waals surface area contributed by atoms with E-state index in [4.69, 9.17) is 21.1 Å². The van der Waals surface area contributed by atoms with Gasteiger partial charge in [-0.1, -0.05) is 11.6 Å². The van der Waals surface area contributed by atoms with Crippen LogP contribution in [0.1, 0.15) is 20.8 Å². The molecule has 6 nitrogen and oxygen atoms in total. The highest BCUT2D eigenvalue weighted by Gasteiger charge is 2.34. The molecule has 1 aromatic carbocycles. The van der Waals surface area contributed by atoms with E-state index in [2.05, 4.69) is 5.32 Å². The van der Waals surface area contributed by atoms with Gasteiger partial charge < -0.3 is 19.7 Å². The maximum atomic E-state index is 13.3. The number of amides is 2. The lowest BCUT2D eigenvalue weighted by Gasteiger charge is -2.39. The number of carbonyl (C=O) groups is 2. The molecule has 1 aromatic rings. The second-order valence-electron chi connectivity index (χ2n) is 6.51. The fourth-order valence-electron chi connectivity index (χ4n) is 2.03. The predicted octanol–water partition coefficient (Wildman–Crippen LogP) is 2.59. The summed E-state index contributed by atoms with van der Waals surface area (Å²) in [6.07, 6.45) is -0.402. The Morgan fingerprint density at radius 1 is 1.38 bits per heavy atom. The van der Waals surface area contributed by atoms with Crippen LogP contribution >= 0.6 is 11.6 Å². The molecule has 0 aliphatic carbocycles. The lowest BCUT2D eigenvalue weighted by Crippen LogP contribution is -2.62. The molecule has 0 bridgehead atoms. The third-order valence-corrected chi connectivity index (χ3v) is 3.47. The first-order valence-corrected chi connectivity index (χ1v) is 7.87. The summed E-state index contributed by atoms with van der Waals surface area (Å²) >= 11 is 5.57. The van der Waals surface area contributed by atoms with Gasteiger partial charge in [0.2, 0.25) is 0 Å². The second kappa shape index (κ2) is 7.25. The molecule has 1 aliphatic heterocycles.